The summed E-state index contributed by atoms with van der Waals surface area (Å²) in [7, 11) is 0. The maximum absolute atomic E-state index is 14.1. The maximum atomic E-state index is 14.1. The van der Waals surface area contributed by atoms with Crippen molar-refractivity contribution in [3.05, 3.63) is 58.3 Å². The van der Waals surface area contributed by atoms with Gasteiger partial charge in [0.05, 0.1) is 16.1 Å². The molecule has 0 unspecified atom stereocenters. The van der Waals surface area contributed by atoms with Gasteiger partial charge in [-0.3, -0.25) is 0 Å². The van der Waals surface area contributed by atoms with Crippen LogP contribution in [0.2, 0.25) is 10.0 Å². The monoisotopic (exact) mass is 322 g/mol. The number of aromatic nitrogens is 1. The third kappa shape index (κ3) is 2.48. The highest BCUT2D eigenvalue weighted by molar-refractivity contribution is 6.33. The smallest absolute Gasteiger partial charge is 0.181 e. The van der Waals surface area contributed by atoms with Gasteiger partial charge in [0.25, 0.3) is 0 Å². The second-order valence-electron chi connectivity index (χ2n) is 4.38. The van der Waals surface area contributed by atoms with Crippen LogP contribution in [0.5, 0.6) is 0 Å². The predicted molar refractivity (Wildman–Crippen MR) is 81.8 cm³/mol. The first-order valence-corrected chi connectivity index (χ1v) is 6.79. The molecular weight excluding hydrogens is 314 g/mol. The lowest BCUT2D eigenvalue weighted by Crippen LogP contribution is -1.90. The van der Waals surface area contributed by atoms with Crippen LogP contribution in [0.15, 0.2) is 47.0 Å². The molecule has 0 atom stereocenters. The molecule has 3 aromatic rings. The van der Waals surface area contributed by atoms with Gasteiger partial charge in [0, 0.05) is 5.02 Å². The van der Waals surface area contributed by atoms with Crippen LogP contribution in [-0.4, -0.2) is 5.16 Å². The first kappa shape index (κ1) is 13.9. The summed E-state index contributed by atoms with van der Waals surface area (Å²) in [4.78, 5) is 0. The highest BCUT2D eigenvalue weighted by Crippen LogP contribution is 2.41. The molecule has 0 aliphatic rings. The van der Waals surface area contributed by atoms with E-state index in [1.165, 1.54) is 12.1 Å². The van der Waals surface area contributed by atoms with Gasteiger partial charge < -0.3 is 10.3 Å². The molecule has 0 fully saturated rings. The van der Waals surface area contributed by atoms with Crippen molar-refractivity contribution in [3.8, 4) is 22.5 Å². The van der Waals surface area contributed by atoms with Crippen molar-refractivity contribution in [1.82, 2.24) is 5.16 Å². The van der Waals surface area contributed by atoms with E-state index in [0.717, 1.165) is 0 Å². The van der Waals surface area contributed by atoms with E-state index < -0.39 is 5.82 Å². The summed E-state index contributed by atoms with van der Waals surface area (Å²) in [5.74, 6) is -0.189. The van der Waals surface area contributed by atoms with E-state index in [-0.39, 0.29) is 22.2 Å². The minimum atomic E-state index is -0.512. The van der Waals surface area contributed by atoms with Crippen LogP contribution < -0.4 is 5.73 Å². The van der Waals surface area contributed by atoms with Crippen molar-refractivity contribution in [1.29, 1.82) is 0 Å². The van der Waals surface area contributed by atoms with E-state index in [2.05, 4.69) is 5.16 Å². The normalized spacial score (nSPS) is 10.8. The molecule has 0 bridgehead atoms. The molecule has 2 N–H and O–H groups in total. The van der Waals surface area contributed by atoms with E-state index in [0.29, 0.717) is 16.1 Å². The summed E-state index contributed by atoms with van der Waals surface area (Å²) in [5.41, 5.74) is 7.11. The Labute approximate surface area is 130 Å². The molecule has 1 heterocycles. The second kappa shape index (κ2) is 5.39. The van der Waals surface area contributed by atoms with Crippen LogP contribution in [0.3, 0.4) is 0 Å². The number of rotatable bonds is 2. The van der Waals surface area contributed by atoms with Crippen LogP contribution in [0.25, 0.3) is 22.5 Å². The van der Waals surface area contributed by atoms with E-state index in [1.807, 2.05) is 0 Å². The first-order chi connectivity index (χ1) is 10.1. The van der Waals surface area contributed by atoms with Crippen molar-refractivity contribution in [2.24, 2.45) is 0 Å². The molecule has 0 aliphatic heterocycles. The Balaban J connectivity index is 2.27. The number of halogens is 3. The molecule has 6 heteroatoms. The zero-order valence-corrected chi connectivity index (χ0v) is 12.1. The molecule has 2 aromatic carbocycles. The number of nitrogen functional groups attached to an aromatic ring is 1. The van der Waals surface area contributed by atoms with Gasteiger partial charge >= 0.3 is 0 Å². The molecule has 3 rings (SSSR count). The van der Waals surface area contributed by atoms with Gasteiger partial charge in [0.2, 0.25) is 0 Å². The summed E-state index contributed by atoms with van der Waals surface area (Å²) in [6, 6.07) is 11.3. The first-order valence-electron chi connectivity index (χ1n) is 6.03. The SMILES string of the molecule is Nc1noc(-c2c(F)cccc2Cl)c1-c1cccc(Cl)c1. The topological polar surface area (TPSA) is 52.0 Å². The highest BCUT2D eigenvalue weighted by Gasteiger charge is 2.22. The van der Waals surface area contributed by atoms with Crippen LogP contribution in [0.4, 0.5) is 10.2 Å². The van der Waals surface area contributed by atoms with Crippen molar-refractivity contribution in [2.45, 2.75) is 0 Å². The molecule has 0 spiro atoms. The summed E-state index contributed by atoms with van der Waals surface area (Å²) >= 11 is 12.1. The van der Waals surface area contributed by atoms with Crippen molar-refractivity contribution < 1.29 is 8.91 Å². The van der Waals surface area contributed by atoms with Crippen LogP contribution in [0.1, 0.15) is 0 Å². The molecule has 106 valence electrons. The van der Waals surface area contributed by atoms with Gasteiger partial charge in [-0.2, -0.15) is 0 Å². The van der Waals surface area contributed by atoms with Crippen LogP contribution in [-0.2, 0) is 0 Å². The zero-order chi connectivity index (χ0) is 15.0. The van der Waals surface area contributed by atoms with Crippen LogP contribution >= 0.6 is 23.2 Å². The predicted octanol–water partition coefficient (Wildman–Crippen LogP) is 5.04. The van der Waals surface area contributed by atoms with Gasteiger partial charge in [-0.15, -0.1) is 0 Å². The molecule has 3 nitrogen and oxygen atoms in total. The standard InChI is InChI=1S/C15H9Cl2FN2O/c16-9-4-1-3-8(7-9)12-14(21-20-15(12)19)13-10(17)5-2-6-11(13)18/h1-7H,(H2,19,20). The van der Waals surface area contributed by atoms with E-state index >= 15 is 0 Å². The van der Waals surface area contributed by atoms with E-state index in [9.17, 15) is 4.39 Å². The fourth-order valence-corrected chi connectivity index (χ4v) is 2.55. The van der Waals surface area contributed by atoms with Gasteiger partial charge in [0.15, 0.2) is 11.6 Å². The fraction of sp³-hybridized carbons (Fsp3) is 0. The highest BCUT2D eigenvalue weighted by atomic mass is 35.5. The number of hydrogen-bond donors (Lipinski definition) is 1. The quantitative estimate of drug-likeness (QED) is 0.719. The molecule has 1 aromatic heterocycles. The Bertz CT molecular complexity index is 797. The number of nitrogens with two attached hydrogens (primary N) is 1. The lowest BCUT2D eigenvalue weighted by molar-refractivity contribution is 0.433. The average molecular weight is 323 g/mol. The van der Waals surface area contributed by atoms with Gasteiger partial charge in [-0.25, -0.2) is 4.39 Å². The summed E-state index contributed by atoms with van der Waals surface area (Å²) in [6.45, 7) is 0. The lowest BCUT2D eigenvalue weighted by Gasteiger charge is -2.06. The third-order valence-electron chi connectivity index (χ3n) is 3.02. The number of hydrogen-bond acceptors (Lipinski definition) is 3. The number of anilines is 1. The van der Waals surface area contributed by atoms with Crippen molar-refractivity contribution >= 4 is 29.0 Å². The molecular formula is C15H9Cl2FN2O. The molecule has 0 radical (unpaired) electrons. The minimum Gasteiger partial charge on any atom is -0.380 e. The van der Waals surface area contributed by atoms with Crippen molar-refractivity contribution in [3.63, 3.8) is 0 Å². The Morgan fingerprint density at radius 3 is 2.52 bits per heavy atom. The summed E-state index contributed by atoms with van der Waals surface area (Å²) < 4.78 is 19.3. The van der Waals surface area contributed by atoms with E-state index in [4.69, 9.17) is 33.5 Å². The van der Waals surface area contributed by atoms with Gasteiger partial charge in [-0.1, -0.05) is 46.6 Å². The molecule has 0 aliphatic carbocycles. The summed E-state index contributed by atoms with van der Waals surface area (Å²) in [5, 5.41) is 4.46. The summed E-state index contributed by atoms with van der Waals surface area (Å²) in [6.07, 6.45) is 0. The Kier molecular flexibility index (Phi) is 3.57. The average Bonchev–Trinajstić information content (AvgIpc) is 2.80. The molecule has 0 saturated heterocycles. The van der Waals surface area contributed by atoms with Gasteiger partial charge in [-0.05, 0) is 29.8 Å². The Morgan fingerprint density at radius 1 is 1.05 bits per heavy atom. The Hall–Kier alpha value is -2.04. The second-order valence-corrected chi connectivity index (χ2v) is 5.22. The minimum absolute atomic E-state index is 0.123. The maximum Gasteiger partial charge on any atom is 0.181 e. The Morgan fingerprint density at radius 2 is 1.81 bits per heavy atom. The molecule has 0 amide bonds. The molecule has 21 heavy (non-hydrogen) atoms. The van der Waals surface area contributed by atoms with E-state index in [1.54, 1.807) is 30.3 Å². The van der Waals surface area contributed by atoms with Crippen LogP contribution in [0, 0.1) is 5.82 Å². The lowest BCUT2D eigenvalue weighted by atomic mass is 10.0. The molecule has 0 saturated carbocycles. The fourth-order valence-electron chi connectivity index (χ4n) is 2.11. The largest absolute Gasteiger partial charge is 0.380 e. The zero-order valence-electron chi connectivity index (χ0n) is 10.6. The third-order valence-corrected chi connectivity index (χ3v) is 3.57. The van der Waals surface area contributed by atoms with Crippen molar-refractivity contribution in [2.75, 3.05) is 5.73 Å². The number of benzene rings is 2. The number of nitrogens with zero attached hydrogens (tertiary/aromatic N) is 1. The van der Waals surface area contributed by atoms with Gasteiger partial charge in [0.1, 0.15) is 5.82 Å².